The molecule has 1 fully saturated rings. The molecule has 0 radical (unpaired) electrons. The van der Waals surface area contributed by atoms with Crippen LogP contribution in [0.2, 0.25) is 0 Å². The number of benzene rings is 3. The molecular weight excluding hydrogens is 654 g/mol. The number of hydrogen-bond acceptors (Lipinski definition) is 9. The van der Waals surface area contributed by atoms with E-state index in [1.807, 2.05) is 91.0 Å². The molecule has 0 bridgehead atoms. The summed E-state index contributed by atoms with van der Waals surface area (Å²) in [6.07, 6.45) is -0.232. The molecule has 4 rings (SSSR count). The molecule has 0 unspecified atom stereocenters. The van der Waals surface area contributed by atoms with E-state index < -0.39 is 53.8 Å². The first-order valence-corrected chi connectivity index (χ1v) is 17.2. The maximum atomic E-state index is 13.2. The second kappa shape index (κ2) is 20.9. The van der Waals surface area contributed by atoms with Gasteiger partial charge < -0.3 is 30.2 Å². The Balaban J connectivity index is 1.37. The second-order valence-electron chi connectivity index (χ2n) is 12.5. The number of amides is 3. The summed E-state index contributed by atoms with van der Waals surface area (Å²) in [4.78, 5) is 77.2. The number of ether oxygens (including phenoxy) is 3. The van der Waals surface area contributed by atoms with Gasteiger partial charge in [0.15, 0.2) is 0 Å². The van der Waals surface area contributed by atoms with E-state index in [0.29, 0.717) is 0 Å². The maximum absolute atomic E-state index is 13.2. The highest BCUT2D eigenvalue weighted by molar-refractivity contribution is 5.84. The van der Waals surface area contributed by atoms with Gasteiger partial charge >= 0.3 is 17.9 Å². The van der Waals surface area contributed by atoms with Crippen LogP contribution in [0.5, 0.6) is 0 Å². The molecule has 3 atom stereocenters. The van der Waals surface area contributed by atoms with Gasteiger partial charge in [0.1, 0.15) is 19.8 Å². The molecule has 3 aromatic carbocycles. The summed E-state index contributed by atoms with van der Waals surface area (Å²) in [5.41, 5.74) is 2.49. The quantitative estimate of drug-likeness (QED) is 0.156. The lowest BCUT2D eigenvalue weighted by Gasteiger charge is -2.26. The van der Waals surface area contributed by atoms with Crippen molar-refractivity contribution in [2.24, 2.45) is 0 Å². The fraction of sp³-hybridized carbons (Fsp3) is 0.385. The third kappa shape index (κ3) is 15.3. The van der Waals surface area contributed by atoms with E-state index in [-0.39, 0.29) is 77.6 Å². The molecule has 12 nitrogen and oxygen atoms in total. The lowest BCUT2D eigenvalue weighted by atomic mass is 10.0. The third-order valence-electron chi connectivity index (χ3n) is 8.21. The largest absolute Gasteiger partial charge is 0.461 e. The van der Waals surface area contributed by atoms with Gasteiger partial charge in [0.25, 0.3) is 0 Å². The molecule has 0 saturated carbocycles. The Morgan fingerprint density at radius 3 is 0.961 bits per heavy atom. The number of rotatable bonds is 15. The lowest BCUT2D eigenvalue weighted by Crippen LogP contribution is -2.48. The SMILES string of the molecule is O=C1C[C@H](CCC(=O)OCc2ccccc2)NC(=O)C[C@H](CCC(=O)OCc2ccccc2)NC(=O)C[C@H](CCC(=O)OCc2ccccc2)N1. The first-order chi connectivity index (χ1) is 24.7. The molecule has 270 valence electrons. The highest BCUT2D eigenvalue weighted by atomic mass is 16.5. The minimum atomic E-state index is -0.718. The molecule has 1 aliphatic heterocycles. The van der Waals surface area contributed by atoms with Gasteiger partial charge in [-0.3, -0.25) is 28.8 Å². The van der Waals surface area contributed by atoms with Crippen molar-refractivity contribution in [2.75, 3.05) is 0 Å². The fourth-order valence-electron chi connectivity index (χ4n) is 5.51. The van der Waals surface area contributed by atoms with Crippen molar-refractivity contribution in [3.63, 3.8) is 0 Å². The Bertz CT molecular complexity index is 1370. The Morgan fingerprint density at radius 1 is 0.451 bits per heavy atom. The number of nitrogens with one attached hydrogen (secondary N) is 3. The van der Waals surface area contributed by atoms with Crippen LogP contribution in [-0.4, -0.2) is 53.8 Å². The molecule has 3 N–H and O–H groups in total. The van der Waals surface area contributed by atoms with Crippen LogP contribution in [0.3, 0.4) is 0 Å². The predicted molar refractivity (Wildman–Crippen MR) is 186 cm³/mol. The molecule has 51 heavy (non-hydrogen) atoms. The molecular formula is C39H45N3O9. The van der Waals surface area contributed by atoms with Gasteiger partial charge in [-0.1, -0.05) is 91.0 Å². The summed E-state index contributed by atoms with van der Waals surface area (Å²) < 4.78 is 16.1. The summed E-state index contributed by atoms with van der Waals surface area (Å²) in [7, 11) is 0. The van der Waals surface area contributed by atoms with Crippen LogP contribution in [-0.2, 0) is 62.8 Å². The van der Waals surface area contributed by atoms with E-state index in [2.05, 4.69) is 16.0 Å². The molecule has 0 aromatic heterocycles. The predicted octanol–water partition coefficient (Wildman–Crippen LogP) is 4.20. The van der Waals surface area contributed by atoms with Crippen molar-refractivity contribution < 1.29 is 43.0 Å². The molecule has 1 heterocycles. The van der Waals surface area contributed by atoms with Crippen molar-refractivity contribution >= 4 is 35.6 Å². The highest BCUT2D eigenvalue weighted by Crippen LogP contribution is 2.14. The molecule has 12 heteroatoms. The third-order valence-corrected chi connectivity index (χ3v) is 8.21. The average molecular weight is 700 g/mol. The first-order valence-electron chi connectivity index (χ1n) is 17.2. The molecule has 3 amide bonds. The van der Waals surface area contributed by atoms with Crippen LogP contribution in [0.15, 0.2) is 91.0 Å². The van der Waals surface area contributed by atoms with Crippen molar-refractivity contribution in [1.29, 1.82) is 0 Å². The zero-order valence-corrected chi connectivity index (χ0v) is 28.6. The molecule has 1 aliphatic rings. The minimum absolute atomic E-state index is 0.0465. The van der Waals surface area contributed by atoms with E-state index in [9.17, 15) is 28.8 Å². The summed E-state index contributed by atoms with van der Waals surface area (Å²) in [6, 6.07) is 25.5. The summed E-state index contributed by atoms with van der Waals surface area (Å²) in [5, 5.41) is 8.47. The summed E-state index contributed by atoms with van der Waals surface area (Å²) in [5.74, 6) is -2.80. The second-order valence-corrected chi connectivity index (χ2v) is 12.5. The monoisotopic (exact) mass is 699 g/mol. The Kier molecular flexibility index (Phi) is 15.7. The van der Waals surface area contributed by atoms with Crippen LogP contribution >= 0.6 is 0 Å². The number of carbonyl (C=O) groups is 6. The Labute approximate surface area is 297 Å². The molecule has 3 aromatic rings. The van der Waals surface area contributed by atoms with Crippen molar-refractivity contribution in [2.45, 2.75) is 95.7 Å². The fourth-order valence-corrected chi connectivity index (χ4v) is 5.51. The topological polar surface area (TPSA) is 166 Å². The normalized spacial score (nSPS) is 18.1. The van der Waals surface area contributed by atoms with Crippen LogP contribution < -0.4 is 16.0 Å². The summed E-state index contributed by atoms with van der Waals surface area (Å²) >= 11 is 0. The van der Waals surface area contributed by atoms with Gasteiger partial charge in [-0.2, -0.15) is 0 Å². The van der Waals surface area contributed by atoms with Gasteiger partial charge in [0.2, 0.25) is 17.7 Å². The van der Waals surface area contributed by atoms with Gasteiger partial charge in [0, 0.05) is 56.7 Å². The van der Waals surface area contributed by atoms with Gasteiger partial charge in [-0.05, 0) is 36.0 Å². The first kappa shape index (κ1) is 38.3. The smallest absolute Gasteiger partial charge is 0.306 e. The van der Waals surface area contributed by atoms with Crippen molar-refractivity contribution in [1.82, 2.24) is 16.0 Å². The number of carbonyl (C=O) groups excluding carboxylic acids is 6. The van der Waals surface area contributed by atoms with E-state index in [1.165, 1.54) is 0 Å². The minimum Gasteiger partial charge on any atom is -0.461 e. The van der Waals surface area contributed by atoms with E-state index >= 15 is 0 Å². The number of esters is 3. The molecule has 1 saturated heterocycles. The van der Waals surface area contributed by atoms with Crippen LogP contribution in [0.1, 0.15) is 74.5 Å². The zero-order chi connectivity index (χ0) is 36.3. The Morgan fingerprint density at radius 2 is 0.706 bits per heavy atom. The maximum Gasteiger partial charge on any atom is 0.306 e. The van der Waals surface area contributed by atoms with E-state index in [1.54, 1.807) is 0 Å². The highest BCUT2D eigenvalue weighted by Gasteiger charge is 2.27. The lowest BCUT2D eigenvalue weighted by molar-refractivity contribution is -0.146. The van der Waals surface area contributed by atoms with E-state index in [0.717, 1.165) is 16.7 Å². The standard InChI is InChI=1S/C39H45N3O9/c43-34-22-31(16-19-37(46)49-25-28-10-4-1-5-11-28)40-35(44)23-32(17-20-38(47)50-26-29-12-6-2-7-13-29)42-36(45)24-33(41-34)18-21-39(48)51-27-30-14-8-3-9-15-30/h1-15,31-33H,16-27H2,(H,40,44)(H,41,43)(H,42,45)/t31-,32-,33-/m0/s1. The van der Waals surface area contributed by atoms with Gasteiger partial charge in [0.05, 0.1) is 0 Å². The molecule has 0 aliphatic carbocycles. The number of hydrogen-bond donors (Lipinski definition) is 3. The van der Waals surface area contributed by atoms with Crippen LogP contribution in [0, 0.1) is 0 Å². The van der Waals surface area contributed by atoms with Crippen LogP contribution in [0.25, 0.3) is 0 Å². The van der Waals surface area contributed by atoms with Gasteiger partial charge in [-0.15, -0.1) is 0 Å². The molecule has 0 spiro atoms. The summed E-state index contributed by atoms with van der Waals surface area (Å²) in [6.45, 7) is 0.297. The van der Waals surface area contributed by atoms with Crippen molar-refractivity contribution in [3.8, 4) is 0 Å². The average Bonchev–Trinajstić information content (AvgIpc) is 3.13. The van der Waals surface area contributed by atoms with Crippen molar-refractivity contribution in [3.05, 3.63) is 108 Å². The zero-order valence-electron chi connectivity index (χ0n) is 28.6. The Hall–Kier alpha value is -5.52. The van der Waals surface area contributed by atoms with E-state index in [4.69, 9.17) is 14.2 Å². The van der Waals surface area contributed by atoms with Gasteiger partial charge in [-0.25, -0.2) is 0 Å². The van der Waals surface area contributed by atoms with Crippen LogP contribution in [0.4, 0.5) is 0 Å².